The normalized spacial score (nSPS) is 18.7. The van der Waals surface area contributed by atoms with Crippen LogP contribution in [0.4, 0.5) is 0 Å². The minimum absolute atomic E-state index is 0.131. The van der Waals surface area contributed by atoms with E-state index in [0.29, 0.717) is 0 Å². The molecule has 4 nitrogen and oxygen atoms in total. The van der Waals surface area contributed by atoms with E-state index in [1.54, 1.807) is 0 Å². The Labute approximate surface area is 89.3 Å². The molecule has 1 aliphatic rings. The summed E-state index contributed by atoms with van der Waals surface area (Å²) in [5.41, 5.74) is 0.988. The van der Waals surface area contributed by atoms with E-state index in [2.05, 4.69) is 4.18 Å². The first-order valence-corrected chi connectivity index (χ1v) is 6.22. The molecule has 1 aliphatic carbocycles. The topological polar surface area (TPSA) is 69.4 Å². The summed E-state index contributed by atoms with van der Waals surface area (Å²) in [6, 6.07) is 9.78. The van der Waals surface area contributed by atoms with Crippen LogP contribution in [0.5, 0.6) is 0 Å². The molecule has 0 atom stereocenters. The van der Waals surface area contributed by atoms with Crippen molar-refractivity contribution in [3.63, 3.8) is 0 Å². The van der Waals surface area contributed by atoms with Crippen LogP contribution in [0.25, 0.3) is 0 Å². The highest BCUT2D eigenvalue weighted by atomic mass is 32.2. The van der Waals surface area contributed by atoms with Crippen LogP contribution in [0.2, 0.25) is 0 Å². The van der Waals surface area contributed by atoms with Crippen molar-refractivity contribution in [1.82, 2.24) is 0 Å². The van der Waals surface area contributed by atoms with Crippen molar-refractivity contribution in [2.45, 2.75) is 18.3 Å². The van der Waals surface area contributed by atoms with Crippen molar-refractivity contribution in [3.05, 3.63) is 35.9 Å². The molecule has 1 aromatic rings. The molecule has 0 bridgehead atoms. The van der Waals surface area contributed by atoms with Gasteiger partial charge in [-0.1, -0.05) is 30.3 Å². The summed E-state index contributed by atoms with van der Waals surface area (Å²) in [6.45, 7) is 0.149. The Bertz CT molecular complexity index is 437. The van der Waals surface area contributed by atoms with Gasteiger partial charge in [0.25, 0.3) is 0 Å². The lowest BCUT2D eigenvalue weighted by Crippen LogP contribution is -2.23. The predicted octanol–water partition coefficient (Wildman–Crippen LogP) is 0.938. The Morgan fingerprint density at radius 3 is 2.33 bits per heavy atom. The minimum Gasteiger partial charge on any atom is -0.257 e. The second-order valence-electron chi connectivity index (χ2n) is 3.90. The van der Waals surface area contributed by atoms with Gasteiger partial charge in [0.2, 0.25) is 0 Å². The average molecular weight is 227 g/mol. The summed E-state index contributed by atoms with van der Waals surface area (Å²) in [7, 11) is -3.83. The van der Waals surface area contributed by atoms with Gasteiger partial charge in [0.15, 0.2) is 0 Å². The summed E-state index contributed by atoms with van der Waals surface area (Å²) in [5, 5.41) is 4.80. The van der Waals surface area contributed by atoms with Crippen LogP contribution in [0.15, 0.2) is 30.3 Å². The Morgan fingerprint density at radius 1 is 1.27 bits per heavy atom. The summed E-state index contributed by atoms with van der Waals surface area (Å²) < 4.78 is 26.0. The van der Waals surface area contributed by atoms with E-state index in [9.17, 15) is 8.42 Å². The first-order valence-electron chi connectivity index (χ1n) is 4.75. The zero-order chi connectivity index (χ0) is 10.9. The first kappa shape index (κ1) is 10.6. The minimum atomic E-state index is -3.83. The van der Waals surface area contributed by atoms with Crippen LogP contribution in [0, 0.1) is 0 Å². The average Bonchev–Trinajstić information content (AvgIpc) is 2.96. The van der Waals surface area contributed by atoms with E-state index in [1.807, 2.05) is 30.3 Å². The van der Waals surface area contributed by atoms with Gasteiger partial charge in [-0.2, -0.15) is 8.42 Å². The Balaban J connectivity index is 2.09. The Hall–Kier alpha value is -0.910. The zero-order valence-electron chi connectivity index (χ0n) is 8.22. The van der Waals surface area contributed by atoms with Crippen molar-refractivity contribution in [1.29, 1.82) is 0 Å². The van der Waals surface area contributed by atoms with Gasteiger partial charge < -0.3 is 0 Å². The smallest absolute Gasteiger partial charge is 0.257 e. The molecule has 15 heavy (non-hydrogen) atoms. The molecule has 0 aromatic heterocycles. The van der Waals surface area contributed by atoms with Crippen molar-refractivity contribution in [2.24, 2.45) is 5.14 Å². The maximum Gasteiger partial charge on any atom is 0.333 e. The number of rotatable bonds is 4. The molecule has 2 rings (SSSR count). The largest absolute Gasteiger partial charge is 0.333 e. The predicted molar refractivity (Wildman–Crippen MR) is 56.4 cm³/mol. The highest BCUT2D eigenvalue weighted by molar-refractivity contribution is 7.84. The third-order valence-corrected chi connectivity index (χ3v) is 3.19. The van der Waals surface area contributed by atoms with Gasteiger partial charge in [-0.25, -0.2) is 5.14 Å². The van der Waals surface area contributed by atoms with E-state index < -0.39 is 10.3 Å². The van der Waals surface area contributed by atoms with Crippen LogP contribution >= 0.6 is 0 Å². The third-order valence-electron chi connectivity index (χ3n) is 2.74. The fourth-order valence-corrected chi connectivity index (χ4v) is 2.04. The maximum atomic E-state index is 10.7. The molecule has 0 spiro atoms. The van der Waals surface area contributed by atoms with Crippen LogP contribution in [0.3, 0.4) is 0 Å². The third kappa shape index (κ3) is 2.56. The molecule has 0 amide bonds. The van der Waals surface area contributed by atoms with Crippen LogP contribution in [-0.4, -0.2) is 15.0 Å². The Kier molecular flexibility index (Phi) is 2.54. The number of benzene rings is 1. The molecule has 1 fully saturated rings. The van der Waals surface area contributed by atoms with Crippen molar-refractivity contribution in [2.75, 3.05) is 6.61 Å². The molecular formula is C10H13NO3S. The monoisotopic (exact) mass is 227 g/mol. The number of hydrogen-bond donors (Lipinski definition) is 1. The fourth-order valence-electron chi connectivity index (χ4n) is 1.65. The number of hydrogen-bond acceptors (Lipinski definition) is 3. The molecule has 5 heteroatoms. The summed E-state index contributed by atoms with van der Waals surface area (Å²) in [6.07, 6.45) is 1.90. The van der Waals surface area contributed by atoms with Crippen LogP contribution < -0.4 is 5.14 Å². The molecular weight excluding hydrogens is 214 g/mol. The molecule has 0 radical (unpaired) electrons. The van der Waals surface area contributed by atoms with E-state index in [0.717, 1.165) is 18.4 Å². The highest BCUT2D eigenvalue weighted by Gasteiger charge is 2.45. The molecule has 0 aliphatic heterocycles. The van der Waals surface area contributed by atoms with E-state index in [4.69, 9.17) is 5.14 Å². The SMILES string of the molecule is NS(=O)(=O)OCC1(c2ccccc2)CC1. The van der Waals surface area contributed by atoms with Crippen molar-refractivity contribution in [3.8, 4) is 0 Å². The molecule has 1 aromatic carbocycles. The lowest BCUT2D eigenvalue weighted by molar-refractivity contribution is 0.282. The lowest BCUT2D eigenvalue weighted by Gasteiger charge is -2.14. The van der Waals surface area contributed by atoms with E-state index in [1.165, 1.54) is 0 Å². The van der Waals surface area contributed by atoms with E-state index >= 15 is 0 Å². The molecule has 82 valence electrons. The molecule has 0 saturated heterocycles. The highest BCUT2D eigenvalue weighted by Crippen LogP contribution is 2.48. The summed E-state index contributed by atoms with van der Waals surface area (Å²) in [5.74, 6) is 0. The quantitative estimate of drug-likeness (QED) is 0.832. The van der Waals surface area contributed by atoms with Crippen LogP contribution in [-0.2, 0) is 19.9 Å². The van der Waals surface area contributed by atoms with E-state index in [-0.39, 0.29) is 12.0 Å². The molecule has 0 unspecified atom stereocenters. The van der Waals surface area contributed by atoms with Gasteiger partial charge in [0.05, 0.1) is 6.61 Å². The van der Waals surface area contributed by atoms with Gasteiger partial charge in [0, 0.05) is 5.41 Å². The van der Waals surface area contributed by atoms with Crippen molar-refractivity contribution < 1.29 is 12.6 Å². The number of nitrogens with two attached hydrogens (primary N) is 1. The van der Waals surface area contributed by atoms with Gasteiger partial charge in [-0.3, -0.25) is 4.18 Å². The second-order valence-corrected chi connectivity index (χ2v) is 5.12. The maximum absolute atomic E-state index is 10.7. The van der Waals surface area contributed by atoms with Gasteiger partial charge in [-0.15, -0.1) is 0 Å². The standard InChI is InChI=1S/C10H13NO3S/c11-15(12,13)14-8-10(6-7-10)9-4-2-1-3-5-9/h1-5H,6-8H2,(H2,11,12,13). The lowest BCUT2D eigenvalue weighted by atomic mass is 9.97. The fraction of sp³-hybridized carbons (Fsp3) is 0.400. The van der Waals surface area contributed by atoms with Crippen LogP contribution in [0.1, 0.15) is 18.4 Å². The Morgan fingerprint density at radius 2 is 1.87 bits per heavy atom. The molecule has 2 N–H and O–H groups in total. The summed E-state index contributed by atoms with van der Waals surface area (Å²) >= 11 is 0. The van der Waals surface area contributed by atoms with Gasteiger partial charge >= 0.3 is 10.3 Å². The van der Waals surface area contributed by atoms with Gasteiger partial charge in [-0.05, 0) is 18.4 Å². The molecule has 1 saturated carbocycles. The molecule has 0 heterocycles. The summed E-state index contributed by atoms with van der Waals surface area (Å²) in [4.78, 5) is 0. The second kappa shape index (κ2) is 3.59. The zero-order valence-corrected chi connectivity index (χ0v) is 9.03. The van der Waals surface area contributed by atoms with Gasteiger partial charge in [0.1, 0.15) is 0 Å². The first-order chi connectivity index (χ1) is 7.02. The van der Waals surface area contributed by atoms with Crippen molar-refractivity contribution >= 4 is 10.3 Å².